The Morgan fingerprint density at radius 3 is 2.12 bits per heavy atom. The number of hydrogen-bond acceptors (Lipinski definition) is 3. The first kappa shape index (κ1) is 11.1. The lowest BCUT2D eigenvalue weighted by Gasteiger charge is -2.41. The van der Waals surface area contributed by atoms with Crippen molar-refractivity contribution >= 4 is 17.8 Å². The average Bonchev–Trinajstić information content (AvgIpc) is 2.20. The van der Waals surface area contributed by atoms with Crippen molar-refractivity contribution < 1.29 is 14.4 Å². The molecule has 1 saturated carbocycles. The summed E-state index contributed by atoms with van der Waals surface area (Å²) in [6.45, 7) is 4.17. The summed E-state index contributed by atoms with van der Waals surface area (Å²) >= 11 is 0. The van der Waals surface area contributed by atoms with E-state index in [0.29, 0.717) is 24.7 Å². The third-order valence-electron chi connectivity index (χ3n) is 3.99. The minimum Gasteiger partial charge on any atom is -0.277 e. The maximum atomic E-state index is 11.9. The van der Waals surface area contributed by atoms with E-state index in [9.17, 15) is 14.4 Å². The maximum Gasteiger partial charge on any atom is 0.328 e. The standard InChI is InChI=1S/C11H16N2O3/c1-6-3-4-11(5-7(6)2)8(14)12-10(16)13-9(11)15/h6-7H,3-5H2,1-2H3,(H2,12,13,14,15,16). The normalized spacial score (nSPS) is 33.5. The third-order valence-corrected chi connectivity index (χ3v) is 3.99. The fourth-order valence-corrected chi connectivity index (χ4v) is 2.60. The molecule has 1 spiro atoms. The second kappa shape index (κ2) is 3.57. The molecule has 4 amide bonds. The van der Waals surface area contributed by atoms with E-state index in [4.69, 9.17) is 0 Å². The second-order valence-corrected chi connectivity index (χ2v) is 5.02. The summed E-state index contributed by atoms with van der Waals surface area (Å²) in [5.74, 6) is -0.0256. The number of rotatable bonds is 0. The number of hydrogen-bond donors (Lipinski definition) is 2. The van der Waals surface area contributed by atoms with Crippen LogP contribution in [0.25, 0.3) is 0 Å². The molecule has 2 rings (SSSR count). The van der Waals surface area contributed by atoms with Crippen molar-refractivity contribution in [1.82, 2.24) is 10.6 Å². The van der Waals surface area contributed by atoms with E-state index in [1.54, 1.807) is 0 Å². The van der Waals surface area contributed by atoms with E-state index >= 15 is 0 Å². The molecular formula is C11H16N2O3. The van der Waals surface area contributed by atoms with Gasteiger partial charge in [-0.1, -0.05) is 13.8 Å². The first-order valence-corrected chi connectivity index (χ1v) is 5.62. The molecule has 1 aliphatic heterocycles. The summed E-state index contributed by atoms with van der Waals surface area (Å²) in [5, 5.41) is 4.39. The lowest BCUT2D eigenvalue weighted by atomic mass is 9.64. The Morgan fingerprint density at radius 1 is 1.06 bits per heavy atom. The van der Waals surface area contributed by atoms with Crippen molar-refractivity contribution in [2.24, 2.45) is 17.3 Å². The van der Waals surface area contributed by atoms with Crippen LogP contribution in [-0.4, -0.2) is 17.8 Å². The molecule has 0 bridgehead atoms. The van der Waals surface area contributed by atoms with Crippen LogP contribution in [0.5, 0.6) is 0 Å². The van der Waals surface area contributed by atoms with Crippen molar-refractivity contribution in [1.29, 1.82) is 0 Å². The quantitative estimate of drug-likeness (QED) is 0.597. The fraction of sp³-hybridized carbons (Fsp3) is 0.727. The number of nitrogens with one attached hydrogen (secondary N) is 2. The predicted octanol–water partition coefficient (Wildman–Crippen LogP) is 0.795. The largest absolute Gasteiger partial charge is 0.328 e. The van der Waals surface area contributed by atoms with Gasteiger partial charge in [0.2, 0.25) is 11.8 Å². The second-order valence-electron chi connectivity index (χ2n) is 5.02. The van der Waals surface area contributed by atoms with E-state index in [1.165, 1.54) is 0 Å². The van der Waals surface area contributed by atoms with Crippen LogP contribution in [0.4, 0.5) is 4.79 Å². The molecule has 88 valence electrons. The van der Waals surface area contributed by atoms with Crippen molar-refractivity contribution in [2.45, 2.75) is 33.1 Å². The number of imide groups is 2. The van der Waals surface area contributed by atoms with Crippen LogP contribution in [0.2, 0.25) is 0 Å². The van der Waals surface area contributed by atoms with Crippen LogP contribution in [0.3, 0.4) is 0 Å². The Kier molecular flexibility index (Phi) is 2.48. The van der Waals surface area contributed by atoms with Gasteiger partial charge in [-0.2, -0.15) is 0 Å². The zero-order valence-electron chi connectivity index (χ0n) is 9.50. The van der Waals surface area contributed by atoms with Gasteiger partial charge < -0.3 is 0 Å². The van der Waals surface area contributed by atoms with Crippen molar-refractivity contribution in [3.05, 3.63) is 0 Å². The lowest BCUT2D eigenvalue weighted by Crippen LogP contribution is -2.63. The SMILES string of the molecule is CC1CCC2(CC1C)C(=O)NC(=O)NC2=O. The summed E-state index contributed by atoms with van der Waals surface area (Å²) in [6, 6.07) is -0.702. The molecule has 2 atom stereocenters. The highest BCUT2D eigenvalue weighted by Gasteiger charge is 2.52. The van der Waals surface area contributed by atoms with E-state index in [-0.39, 0.29) is 0 Å². The van der Waals surface area contributed by atoms with Crippen LogP contribution in [0.1, 0.15) is 33.1 Å². The van der Waals surface area contributed by atoms with Gasteiger partial charge in [-0.3, -0.25) is 20.2 Å². The van der Waals surface area contributed by atoms with Gasteiger partial charge in [-0.05, 0) is 31.1 Å². The Labute approximate surface area is 94.0 Å². The highest BCUT2D eigenvalue weighted by molar-refractivity contribution is 6.19. The van der Waals surface area contributed by atoms with E-state index in [0.717, 1.165) is 6.42 Å². The lowest BCUT2D eigenvalue weighted by molar-refractivity contribution is -0.148. The van der Waals surface area contributed by atoms with Crippen LogP contribution >= 0.6 is 0 Å². The highest BCUT2D eigenvalue weighted by Crippen LogP contribution is 2.43. The summed E-state index contributed by atoms with van der Waals surface area (Å²) in [5.41, 5.74) is -1.01. The molecule has 16 heavy (non-hydrogen) atoms. The van der Waals surface area contributed by atoms with Crippen LogP contribution in [-0.2, 0) is 9.59 Å². The molecule has 0 aromatic rings. The minimum atomic E-state index is -1.01. The molecular weight excluding hydrogens is 208 g/mol. The van der Waals surface area contributed by atoms with Gasteiger partial charge in [0.15, 0.2) is 0 Å². The third kappa shape index (κ3) is 1.50. The van der Waals surface area contributed by atoms with E-state index in [2.05, 4.69) is 17.6 Å². The number of urea groups is 1. The van der Waals surface area contributed by atoms with Gasteiger partial charge in [-0.25, -0.2) is 4.79 Å². The van der Waals surface area contributed by atoms with Crippen LogP contribution in [0, 0.1) is 17.3 Å². The van der Waals surface area contributed by atoms with Gasteiger partial charge in [0.1, 0.15) is 5.41 Å². The Bertz CT molecular complexity index is 344. The van der Waals surface area contributed by atoms with Gasteiger partial charge in [0.25, 0.3) is 0 Å². The molecule has 0 radical (unpaired) electrons. The Morgan fingerprint density at radius 2 is 1.62 bits per heavy atom. The average molecular weight is 224 g/mol. The number of carbonyl (C=O) groups excluding carboxylic acids is 3. The number of amides is 4. The van der Waals surface area contributed by atoms with Gasteiger partial charge in [0, 0.05) is 0 Å². The molecule has 1 heterocycles. The molecule has 2 fully saturated rings. The molecule has 0 aromatic heterocycles. The molecule has 1 aliphatic carbocycles. The van der Waals surface area contributed by atoms with E-state index in [1.807, 2.05) is 6.92 Å². The highest BCUT2D eigenvalue weighted by atomic mass is 16.2. The Balaban J connectivity index is 2.27. The molecule has 5 nitrogen and oxygen atoms in total. The van der Waals surface area contributed by atoms with Crippen molar-refractivity contribution in [3.8, 4) is 0 Å². The predicted molar refractivity (Wildman–Crippen MR) is 56.3 cm³/mol. The molecule has 2 aliphatic rings. The topological polar surface area (TPSA) is 75.3 Å². The smallest absolute Gasteiger partial charge is 0.277 e. The monoisotopic (exact) mass is 224 g/mol. The minimum absolute atomic E-state index is 0.318. The van der Waals surface area contributed by atoms with Gasteiger partial charge in [-0.15, -0.1) is 0 Å². The molecule has 5 heteroatoms. The maximum absolute atomic E-state index is 11.9. The fourth-order valence-electron chi connectivity index (χ4n) is 2.60. The summed E-state index contributed by atoms with van der Waals surface area (Å²) < 4.78 is 0. The molecule has 1 saturated heterocycles. The number of carbonyl (C=O) groups is 3. The summed E-state index contributed by atoms with van der Waals surface area (Å²) in [4.78, 5) is 34.7. The zero-order valence-corrected chi connectivity index (χ0v) is 9.50. The molecule has 2 N–H and O–H groups in total. The first-order chi connectivity index (χ1) is 7.45. The van der Waals surface area contributed by atoms with Crippen molar-refractivity contribution in [2.75, 3.05) is 0 Å². The number of barbiturate groups is 1. The van der Waals surface area contributed by atoms with Gasteiger partial charge in [0.05, 0.1) is 0 Å². The van der Waals surface area contributed by atoms with Crippen molar-refractivity contribution in [3.63, 3.8) is 0 Å². The van der Waals surface area contributed by atoms with Gasteiger partial charge >= 0.3 is 6.03 Å². The zero-order chi connectivity index (χ0) is 11.9. The van der Waals surface area contributed by atoms with Crippen LogP contribution in [0.15, 0.2) is 0 Å². The summed E-state index contributed by atoms with van der Waals surface area (Å²) in [7, 11) is 0. The first-order valence-electron chi connectivity index (χ1n) is 5.62. The summed E-state index contributed by atoms with van der Waals surface area (Å²) in [6.07, 6.45) is 1.90. The van der Waals surface area contributed by atoms with Crippen LogP contribution < -0.4 is 10.6 Å². The molecule has 0 aromatic carbocycles. The Hall–Kier alpha value is -1.39. The molecule has 2 unspecified atom stereocenters. The van der Waals surface area contributed by atoms with E-state index < -0.39 is 23.3 Å².